The lowest BCUT2D eigenvalue weighted by molar-refractivity contribution is -0.132. The first-order chi connectivity index (χ1) is 18.0. The minimum atomic E-state index is -0.887. The van der Waals surface area contributed by atoms with Crippen LogP contribution in [0.15, 0.2) is 83.0 Å². The van der Waals surface area contributed by atoms with Crippen molar-refractivity contribution >= 4 is 45.7 Å². The number of anilines is 1. The number of amides is 1. The molecule has 1 aliphatic heterocycles. The minimum Gasteiger partial charge on any atom is -0.507 e. The third-order valence-electron chi connectivity index (χ3n) is 5.91. The number of pyridine rings is 1. The Labute approximate surface area is 221 Å². The van der Waals surface area contributed by atoms with E-state index in [1.165, 1.54) is 46.0 Å². The van der Waals surface area contributed by atoms with Gasteiger partial charge < -0.3 is 9.84 Å². The summed E-state index contributed by atoms with van der Waals surface area (Å²) < 4.78 is 5.93. The van der Waals surface area contributed by atoms with E-state index in [9.17, 15) is 14.7 Å². The van der Waals surface area contributed by atoms with Crippen LogP contribution in [-0.2, 0) is 15.3 Å². The first-order valence-corrected chi connectivity index (χ1v) is 13.1. The highest BCUT2D eigenvalue weighted by Gasteiger charge is 2.48. The molecule has 1 saturated heterocycles. The van der Waals surface area contributed by atoms with Gasteiger partial charge in [0.2, 0.25) is 5.13 Å². The molecule has 3 heterocycles. The summed E-state index contributed by atoms with van der Waals surface area (Å²) in [6.45, 7) is 2.04. The van der Waals surface area contributed by atoms with Crippen LogP contribution >= 0.6 is 23.1 Å². The van der Waals surface area contributed by atoms with Gasteiger partial charge in [-0.3, -0.25) is 19.5 Å². The van der Waals surface area contributed by atoms with Crippen LogP contribution in [0.5, 0.6) is 5.75 Å². The lowest BCUT2D eigenvalue weighted by atomic mass is 9.95. The van der Waals surface area contributed by atoms with Crippen molar-refractivity contribution in [3.63, 3.8) is 0 Å². The number of carbonyl (C=O) groups excluding carboxylic acids is 2. The van der Waals surface area contributed by atoms with E-state index in [2.05, 4.69) is 39.4 Å². The molecule has 1 N–H and O–H groups in total. The molecule has 1 unspecified atom stereocenters. The number of aliphatic hydroxyl groups is 1. The molecule has 4 aromatic rings. The van der Waals surface area contributed by atoms with Crippen molar-refractivity contribution in [3.8, 4) is 5.75 Å². The molecule has 1 aliphatic rings. The molecular weight excluding hydrogens is 508 g/mol. The van der Waals surface area contributed by atoms with E-state index in [-0.39, 0.29) is 16.5 Å². The topological polar surface area (TPSA) is 106 Å². The van der Waals surface area contributed by atoms with E-state index >= 15 is 0 Å². The average molecular weight is 531 g/mol. The zero-order valence-electron chi connectivity index (χ0n) is 20.0. The normalized spacial score (nSPS) is 16.8. The fourth-order valence-corrected chi connectivity index (χ4v) is 5.81. The SMILES string of the molecule is COc1ccc(C2/C(=C(\O)c3ccncc3)C(=O)C(=O)N2c2nnc(SCc3ccc(C)cc3)s2)cc1. The Kier molecular flexibility index (Phi) is 7.02. The molecule has 0 bridgehead atoms. The van der Waals surface area contributed by atoms with Crippen molar-refractivity contribution in [3.05, 3.63) is 101 Å². The molecule has 1 atom stereocenters. The number of thioether (sulfide) groups is 1. The highest BCUT2D eigenvalue weighted by molar-refractivity contribution is 8.00. The van der Waals surface area contributed by atoms with Crippen LogP contribution < -0.4 is 9.64 Å². The number of hydrogen-bond donors (Lipinski definition) is 1. The third-order valence-corrected chi connectivity index (χ3v) is 8.04. The second kappa shape index (κ2) is 10.5. The van der Waals surface area contributed by atoms with E-state index < -0.39 is 17.7 Å². The van der Waals surface area contributed by atoms with Crippen LogP contribution in [-0.4, -0.2) is 39.1 Å². The Morgan fingerprint density at radius 3 is 2.41 bits per heavy atom. The molecular formula is C27H22N4O4S2. The maximum absolute atomic E-state index is 13.3. The zero-order chi connectivity index (χ0) is 25.9. The number of benzene rings is 2. The number of aromatic nitrogens is 3. The van der Waals surface area contributed by atoms with E-state index in [0.29, 0.717) is 27.0 Å². The molecule has 5 rings (SSSR count). The number of rotatable bonds is 7. The summed E-state index contributed by atoms with van der Waals surface area (Å²) in [4.78, 5) is 31.8. The Morgan fingerprint density at radius 1 is 1.03 bits per heavy atom. The molecule has 10 heteroatoms. The largest absolute Gasteiger partial charge is 0.507 e. The molecule has 37 heavy (non-hydrogen) atoms. The number of carbonyl (C=O) groups is 2. The van der Waals surface area contributed by atoms with Crippen LogP contribution in [0.2, 0.25) is 0 Å². The van der Waals surface area contributed by atoms with Crippen LogP contribution in [0.3, 0.4) is 0 Å². The van der Waals surface area contributed by atoms with E-state index in [4.69, 9.17) is 4.74 Å². The number of methoxy groups -OCH3 is 1. The molecule has 1 amide bonds. The molecule has 2 aromatic heterocycles. The summed E-state index contributed by atoms with van der Waals surface area (Å²) in [5, 5.41) is 19.9. The van der Waals surface area contributed by atoms with Crippen LogP contribution in [0.4, 0.5) is 5.13 Å². The maximum atomic E-state index is 13.3. The molecule has 0 spiro atoms. The van der Waals surface area contributed by atoms with Gasteiger partial charge >= 0.3 is 5.91 Å². The quantitative estimate of drug-likeness (QED) is 0.115. The number of nitrogens with zero attached hydrogens (tertiary/aromatic N) is 4. The molecule has 0 saturated carbocycles. The number of ketones is 1. The third kappa shape index (κ3) is 4.98. The molecule has 1 fully saturated rings. The summed E-state index contributed by atoms with van der Waals surface area (Å²) >= 11 is 2.73. The van der Waals surface area contributed by atoms with Crippen molar-refractivity contribution < 1.29 is 19.4 Å². The lowest BCUT2D eigenvalue weighted by Gasteiger charge is -2.22. The van der Waals surface area contributed by atoms with E-state index in [1.807, 2.05) is 6.92 Å². The van der Waals surface area contributed by atoms with Gasteiger partial charge in [0.25, 0.3) is 5.78 Å². The number of aliphatic hydroxyl groups excluding tert-OH is 1. The molecule has 0 radical (unpaired) electrons. The van der Waals surface area contributed by atoms with Crippen molar-refractivity contribution in [1.29, 1.82) is 0 Å². The zero-order valence-corrected chi connectivity index (χ0v) is 21.6. The van der Waals surface area contributed by atoms with Gasteiger partial charge in [-0.05, 0) is 42.3 Å². The number of aryl methyl sites for hydroxylation is 1. The fourth-order valence-electron chi connectivity index (χ4n) is 3.98. The Bertz CT molecular complexity index is 1470. The van der Waals surface area contributed by atoms with Crippen molar-refractivity contribution in [2.45, 2.75) is 23.1 Å². The lowest BCUT2D eigenvalue weighted by Crippen LogP contribution is -2.29. The van der Waals surface area contributed by atoms with Crippen LogP contribution in [0.25, 0.3) is 5.76 Å². The summed E-state index contributed by atoms with van der Waals surface area (Å²) in [5.41, 5.74) is 3.32. The average Bonchev–Trinajstić information content (AvgIpc) is 3.50. The van der Waals surface area contributed by atoms with Gasteiger partial charge in [-0.15, -0.1) is 10.2 Å². The highest BCUT2D eigenvalue weighted by Crippen LogP contribution is 2.44. The summed E-state index contributed by atoms with van der Waals surface area (Å²) in [6.07, 6.45) is 3.02. The monoisotopic (exact) mass is 530 g/mol. The number of ether oxygens (including phenoxy) is 1. The van der Waals surface area contributed by atoms with Crippen molar-refractivity contribution in [1.82, 2.24) is 15.2 Å². The second-order valence-electron chi connectivity index (χ2n) is 8.30. The van der Waals surface area contributed by atoms with Gasteiger partial charge in [-0.2, -0.15) is 0 Å². The Balaban J connectivity index is 1.52. The molecule has 0 aliphatic carbocycles. The first-order valence-electron chi connectivity index (χ1n) is 11.3. The summed E-state index contributed by atoms with van der Waals surface area (Å²) in [7, 11) is 1.56. The van der Waals surface area contributed by atoms with Gasteiger partial charge in [0.1, 0.15) is 11.5 Å². The maximum Gasteiger partial charge on any atom is 0.301 e. The minimum absolute atomic E-state index is 0.0228. The van der Waals surface area contributed by atoms with Crippen molar-refractivity contribution in [2.24, 2.45) is 0 Å². The standard InChI is InChI=1S/C27H22N4O4S2/c1-16-3-5-17(6-4-16)15-36-27-30-29-26(37-27)31-22(18-7-9-20(35-2)10-8-18)21(24(33)25(31)34)23(32)19-11-13-28-14-12-19/h3-14,22,32H,15H2,1-2H3/b23-21+. The highest BCUT2D eigenvalue weighted by atomic mass is 32.2. The van der Waals surface area contributed by atoms with Gasteiger partial charge in [0.15, 0.2) is 4.34 Å². The Morgan fingerprint density at radius 2 is 1.73 bits per heavy atom. The Hall–Kier alpha value is -4.02. The smallest absolute Gasteiger partial charge is 0.301 e. The number of Topliss-reactive ketones (excluding diaryl/α,β-unsaturated/α-hetero) is 1. The molecule has 186 valence electrons. The predicted octanol–water partition coefficient (Wildman–Crippen LogP) is 5.17. The molecule has 8 nitrogen and oxygen atoms in total. The number of hydrogen-bond acceptors (Lipinski definition) is 9. The van der Waals surface area contributed by atoms with Crippen LogP contribution in [0, 0.1) is 6.92 Å². The van der Waals surface area contributed by atoms with Crippen LogP contribution in [0.1, 0.15) is 28.3 Å². The predicted molar refractivity (Wildman–Crippen MR) is 143 cm³/mol. The summed E-state index contributed by atoms with van der Waals surface area (Å²) in [6, 6.07) is 17.5. The first kappa shape index (κ1) is 24.7. The van der Waals surface area contributed by atoms with Gasteiger partial charge in [0.05, 0.1) is 18.7 Å². The van der Waals surface area contributed by atoms with Crippen molar-refractivity contribution in [2.75, 3.05) is 12.0 Å². The fraction of sp³-hybridized carbons (Fsp3) is 0.148. The van der Waals surface area contributed by atoms with Gasteiger partial charge in [0, 0.05) is 23.7 Å². The van der Waals surface area contributed by atoms with Gasteiger partial charge in [-0.1, -0.05) is 65.1 Å². The van der Waals surface area contributed by atoms with E-state index in [0.717, 1.165) is 5.56 Å². The van der Waals surface area contributed by atoms with Gasteiger partial charge in [-0.25, -0.2) is 0 Å². The van der Waals surface area contributed by atoms with E-state index in [1.54, 1.807) is 43.5 Å². The summed E-state index contributed by atoms with van der Waals surface area (Å²) in [5.74, 6) is -0.526. The second-order valence-corrected chi connectivity index (χ2v) is 10.5. The molecule has 2 aromatic carbocycles.